The number of likely N-dealkylation sites (tertiary alicyclic amines) is 1. The van der Waals surface area contributed by atoms with E-state index in [4.69, 9.17) is 10.7 Å². The first-order chi connectivity index (χ1) is 9.67. The summed E-state index contributed by atoms with van der Waals surface area (Å²) in [5.41, 5.74) is 9.08. The van der Waals surface area contributed by atoms with E-state index in [1.807, 2.05) is 0 Å². The summed E-state index contributed by atoms with van der Waals surface area (Å²) in [6.45, 7) is 7.48. The minimum absolute atomic E-state index is 0.562. The van der Waals surface area contributed by atoms with Gasteiger partial charge in [-0.25, -0.2) is 4.98 Å². The quantitative estimate of drug-likeness (QED) is 0.933. The summed E-state index contributed by atoms with van der Waals surface area (Å²) >= 11 is 0. The molecule has 0 aromatic carbocycles. The summed E-state index contributed by atoms with van der Waals surface area (Å²) < 4.78 is 2.11. The maximum atomic E-state index is 5.70. The molecule has 0 aliphatic carbocycles. The first-order valence-corrected chi connectivity index (χ1v) is 7.59. The second-order valence-corrected chi connectivity index (χ2v) is 6.10. The lowest BCUT2D eigenvalue weighted by atomic mass is 9.94. The highest BCUT2D eigenvalue weighted by Crippen LogP contribution is 2.27. The Kier molecular flexibility index (Phi) is 3.76. The van der Waals surface area contributed by atoms with Crippen molar-refractivity contribution in [3.8, 4) is 0 Å². The molecule has 0 bridgehead atoms. The Morgan fingerprint density at radius 1 is 1.45 bits per heavy atom. The van der Waals surface area contributed by atoms with Crippen molar-refractivity contribution < 1.29 is 0 Å². The van der Waals surface area contributed by atoms with Gasteiger partial charge in [0.1, 0.15) is 5.65 Å². The Morgan fingerprint density at radius 2 is 2.30 bits per heavy atom. The standard InChI is InChI=1S/C16H24N4/c1-12(2)19-6-3-4-14(10-19)15-11-20-7-5-13(9-17)8-16(20)18-15/h5,7-8,11-12,14H,3-4,6,9-10,17H2,1-2H3. The summed E-state index contributed by atoms with van der Waals surface area (Å²) in [5, 5.41) is 0. The zero-order chi connectivity index (χ0) is 14.1. The molecule has 3 rings (SSSR count). The van der Waals surface area contributed by atoms with Crippen molar-refractivity contribution in [3.63, 3.8) is 0 Å². The van der Waals surface area contributed by atoms with Gasteiger partial charge in [-0.15, -0.1) is 0 Å². The molecule has 2 N–H and O–H groups in total. The molecule has 3 heterocycles. The number of nitrogens with zero attached hydrogens (tertiary/aromatic N) is 3. The Labute approximate surface area is 120 Å². The average molecular weight is 272 g/mol. The number of imidazole rings is 1. The van der Waals surface area contributed by atoms with E-state index in [1.165, 1.54) is 25.1 Å². The van der Waals surface area contributed by atoms with Gasteiger partial charge >= 0.3 is 0 Å². The molecule has 0 saturated carbocycles. The molecule has 1 fully saturated rings. The monoisotopic (exact) mass is 272 g/mol. The minimum atomic E-state index is 0.562. The van der Waals surface area contributed by atoms with E-state index >= 15 is 0 Å². The van der Waals surface area contributed by atoms with Gasteiger partial charge in [0.05, 0.1) is 5.69 Å². The molecule has 4 heteroatoms. The Bertz CT molecular complexity index is 587. The summed E-state index contributed by atoms with van der Waals surface area (Å²) in [4.78, 5) is 7.38. The largest absolute Gasteiger partial charge is 0.326 e. The minimum Gasteiger partial charge on any atom is -0.326 e. The van der Waals surface area contributed by atoms with Gasteiger partial charge in [0.25, 0.3) is 0 Å². The molecule has 0 spiro atoms. The first kappa shape index (κ1) is 13.6. The van der Waals surface area contributed by atoms with Crippen molar-refractivity contribution >= 4 is 5.65 Å². The normalized spacial score (nSPS) is 20.9. The molecule has 1 saturated heterocycles. The van der Waals surface area contributed by atoms with Crippen molar-refractivity contribution in [2.75, 3.05) is 13.1 Å². The average Bonchev–Trinajstić information content (AvgIpc) is 2.90. The van der Waals surface area contributed by atoms with Crippen molar-refractivity contribution in [3.05, 3.63) is 35.8 Å². The molecule has 1 aliphatic rings. The van der Waals surface area contributed by atoms with Crippen LogP contribution in [0.2, 0.25) is 0 Å². The summed E-state index contributed by atoms with van der Waals surface area (Å²) in [7, 11) is 0. The van der Waals surface area contributed by atoms with Crippen LogP contribution in [-0.2, 0) is 6.54 Å². The fraction of sp³-hybridized carbons (Fsp3) is 0.562. The number of rotatable bonds is 3. The van der Waals surface area contributed by atoms with E-state index in [-0.39, 0.29) is 0 Å². The van der Waals surface area contributed by atoms with Gasteiger partial charge in [-0.3, -0.25) is 0 Å². The maximum absolute atomic E-state index is 5.70. The summed E-state index contributed by atoms with van der Waals surface area (Å²) in [6, 6.07) is 4.78. The topological polar surface area (TPSA) is 46.6 Å². The molecule has 0 amide bonds. The van der Waals surface area contributed by atoms with Gasteiger partial charge in [0.2, 0.25) is 0 Å². The van der Waals surface area contributed by atoms with Crippen LogP contribution in [-0.4, -0.2) is 33.4 Å². The number of piperidine rings is 1. The fourth-order valence-electron chi connectivity index (χ4n) is 3.08. The predicted molar refractivity (Wildman–Crippen MR) is 81.8 cm³/mol. The molecule has 1 aliphatic heterocycles. The third kappa shape index (κ3) is 2.58. The predicted octanol–water partition coefficient (Wildman–Crippen LogP) is 2.38. The van der Waals surface area contributed by atoms with Crippen LogP contribution in [0.25, 0.3) is 5.65 Å². The first-order valence-electron chi connectivity index (χ1n) is 7.59. The van der Waals surface area contributed by atoms with Crippen LogP contribution in [0.1, 0.15) is 43.9 Å². The SMILES string of the molecule is CC(C)N1CCCC(c2cn3ccc(CN)cc3n2)C1. The van der Waals surface area contributed by atoms with Crippen LogP contribution in [0.5, 0.6) is 0 Å². The van der Waals surface area contributed by atoms with Crippen LogP contribution in [0.3, 0.4) is 0 Å². The van der Waals surface area contributed by atoms with E-state index in [9.17, 15) is 0 Å². The lowest BCUT2D eigenvalue weighted by molar-refractivity contribution is 0.166. The highest BCUT2D eigenvalue weighted by atomic mass is 15.2. The number of fused-ring (bicyclic) bond motifs is 1. The zero-order valence-corrected chi connectivity index (χ0v) is 12.4. The van der Waals surface area contributed by atoms with E-state index in [0.717, 1.165) is 17.8 Å². The van der Waals surface area contributed by atoms with Crippen LogP contribution in [0.15, 0.2) is 24.5 Å². The number of hydrogen-bond acceptors (Lipinski definition) is 3. The van der Waals surface area contributed by atoms with Crippen molar-refractivity contribution in [2.24, 2.45) is 5.73 Å². The van der Waals surface area contributed by atoms with Crippen molar-refractivity contribution in [1.82, 2.24) is 14.3 Å². The maximum Gasteiger partial charge on any atom is 0.137 e. The van der Waals surface area contributed by atoms with E-state index < -0.39 is 0 Å². The number of hydrogen-bond donors (Lipinski definition) is 1. The molecular weight excluding hydrogens is 248 g/mol. The second-order valence-electron chi connectivity index (χ2n) is 6.10. The Morgan fingerprint density at radius 3 is 3.05 bits per heavy atom. The van der Waals surface area contributed by atoms with Gasteiger partial charge in [0, 0.05) is 37.4 Å². The molecule has 2 aromatic heterocycles. The van der Waals surface area contributed by atoms with Gasteiger partial charge in [-0.2, -0.15) is 0 Å². The molecular formula is C16H24N4. The van der Waals surface area contributed by atoms with Crippen LogP contribution >= 0.6 is 0 Å². The lowest BCUT2D eigenvalue weighted by Crippen LogP contribution is -2.39. The van der Waals surface area contributed by atoms with Crippen molar-refractivity contribution in [1.29, 1.82) is 0 Å². The Hall–Kier alpha value is -1.39. The lowest BCUT2D eigenvalue weighted by Gasteiger charge is -2.34. The van der Waals surface area contributed by atoms with E-state index in [2.05, 4.69) is 47.7 Å². The van der Waals surface area contributed by atoms with E-state index in [1.54, 1.807) is 0 Å². The molecule has 1 unspecified atom stereocenters. The third-order valence-corrected chi connectivity index (χ3v) is 4.38. The number of pyridine rings is 1. The summed E-state index contributed by atoms with van der Waals surface area (Å²) in [6.07, 6.45) is 6.77. The summed E-state index contributed by atoms with van der Waals surface area (Å²) in [5.74, 6) is 0.562. The molecule has 4 nitrogen and oxygen atoms in total. The van der Waals surface area contributed by atoms with Crippen molar-refractivity contribution in [2.45, 2.75) is 45.2 Å². The number of aromatic nitrogens is 2. The van der Waals surface area contributed by atoms with Gasteiger partial charge in [-0.1, -0.05) is 0 Å². The molecule has 20 heavy (non-hydrogen) atoms. The van der Waals surface area contributed by atoms with Crippen LogP contribution in [0.4, 0.5) is 0 Å². The molecule has 1 atom stereocenters. The number of nitrogens with two attached hydrogens (primary N) is 1. The molecule has 2 aromatic rings. The van der Waals surface area contributed by atoms with Gasteiger partial charge in [-0.05, 0) is 50.9 Å². The van der Waals surface area contributed by atoms with Gasteiger partial charge in [0.15, 0.2) is 0 Å². The van der Waals surface area contributed by atoms with E-state index in [0.29, 0.717) is 18.5 Å². The van der Waals surface area contributed by atoms with Gasteiger partial charge < -0.3 is 15.0 Å². The van der Waals surface area contributed by atoms with Crippen LogP contribution in [0, 0.1) is 0 Å². The smallest absolute Gasteiger partial charge is 0.137 e. The highest BCUT2D eigenvalue weighted by Gasteiger charge is 2.24. The highest BCUT2D eigenvalue weighted by molar-refractivity contribution is 5.43. The third-order valence-electron chi connectivity index (χ3n) is 4.38. The fourth-order valence-corrected chi connectivity index (χ4v) is 3.08. The second kappa shape index (κ2) is 5.54. The molecule has 0 radical (unpaired) electrons. The Balaban J connectivity index is 1.86. The molecule has 108 valence electrons. The zero-order valence-electron chi connectivity index (χ0n) is 12.4. The van der Waals surface area contributed by atoms with Crippen LogP contribution < -0.4 is 5.73 Å².